The van der Waals surface area contributed by atoms with Gasteiger partial charge in [0.05, 0.1) is 4.90 Å². The summed E-state index contributed by atoms with van der Waals surface area (Å²) in [5.41, 5.74) is 5.33. The van der Waals surface area contributed by atoms with Gasteiger partial charge in [-0.3, -0.25) is 0 Å². The number of hydrogen-bond acceptors (Lipinski definition) is 4. The zero-order valence-electron chi connectivity index (χ0n) is 12.6. The Labute approximate surface area is 125 Å². The van der Waals surface area contributed by atoms with E-state index in [1.165, 1.54) is 12.1 Å². The van der Waals surface area contributed by atoms with Gasteiger partial charge < -0.3 is 10.5 Å². The molecule has 120 valence electrons. The van der Waals surface area contributed by atoms with Crippen LogP contribution in [-0.4, -0.2) is 28.7 Å². The first-order valence-electron chi connectivity index (χ1n) is 6.69. The molecular formula is C14H23FN2O3S. The van der Waals surface area contributed by atoms with Crippen LogP contribution in [0.3, 0.4) is 0 Å². The summed E-state index contributed by atoms with van der Waals surface area (Å²) in [5, 5.41) is 0. The summed E-state index contributed by atoms with van der Waals surface area (Å²) < 4.78 is 45.4. The first-order chi connectivity index (χ1) is 9.72. The maximum atomic E-state index is 13.4. The second-order valence-corrected chi connectivity index (χ2v) is 7.46. The van der Waals surface area contributed by atoms with Gasteiger partial charge in [0.2, 0.25) is 10.0 Å². The lowest BCUT2D eigenvalue weighted by atomic mass is 9.90. The van der Waals surface area contributed by atoms with E-state index in [0.29, 0.717) is 6.61 Å². The Morgan fingerprint density at radius 1 is 1.38 bits per heavy atom. The van der Waals surface area contributed by atoms with Crippen molar-refractivity contribution in [1.29, 1.82) is 0 Å². The molecular weight excluding hydrogens is 295 g/mol. The van der Waals surface area contributed by atoms with Gasteiger partial charge in [-0.2, -0.15) is 0 Å². The van der Waals surface area contributed by atoms with E-state index >= 15 is 0 Å². The van der Waals surface area contributed by atoms with Crippen molar-refractivity contribution in [3.63, 3.8) is 0 Å². The third-order valence-corrected chi connectivity index (χ3v) is 4.67. The van der Waals surface area contributed by atoms with E-state index in [1.54, 1.807) is 7.11 Å². The quantitative estimate of drug-likeness (QED) is 0.763. The minimum atomic E-state index is -3.68. The van der Waals surface area contributed by atoms with E-state index in [4.69, 9.17) is 10.5 Å². The SMILES string of the molecule is COCCC(C)(C)CNS(=O)(=O)c1ccc(F)c(CN)c1. The number of hydrogen-bond donors (Lipinski definition) is 2. The monoisotopic (exact) mass is 318 g/mol. The Morgan fingerprint density at radius 2 is 2.05 bits per heavy atom. The van der Waals surface area contributed by atoms with Crippen molar-refractivity contribution in [3.8, 4) is 0 Å². The molecule has 21 heavy (non-hydrogen) atoms. The molecule has 0 fully saturated rings. The maximum Gasteiger partial charge on any atom is 0.240 e. The summed E-state index contributed by atoms with van der Waals surface area (Å²) in [4.78, 5) is 0.0203. The molecule has 3 N–H and O–H groups in total. The Bertz CT molecular complexity index is 574. The minimum absolute atomic E-state index is 0.0203. The Morgan fingerprint density at radius 3 is 2.62 bits per heavy atom. The average molecular weight is 318 g/mol. The fraction of sp³-hybridized carbons (Fsp3) is 0.571. The lowest BCUT2D eigenvalue weighted by Gasteiger charge is -2.24. The molecule has 0 atom stereocenters. The smallest absolute Gasteiger partial charge is 0.240 e. The summed E-state index contributed by atoms with van der Waals surface area (Å²) in [7, 11) is -2.08. The summed E-state index contributed by atoms with van der Waals surface area (Å²) >= 11 is 0. The zero-order chi connectivity index (χ0) is 16.1. The van der Waals surface area contributed by atoms with E-state index in [0.717, 1.165) is 12.5 Å². The number of sulfonamides is 1. The third-order valence-electron chi connectivity index (χ3n) is 3.27. The number of methoxy groups -OCH3 is 1. The summed E-state index contributed by atoms with van der Waals surface area (Å²) in [6, 6.07) is 3.62. The molecule has 0 saturated carbocycles. The highest BCUT2D eigenvalue weighted by Gasteiger charge is 2.22. The van der Waals surface area contributed by atoms with Crippen molar-refractivity contribution in [2.45, 2.75) is 31.7 Å². The minimum Gasteiger partial charge on any atom is -0.385 e. The van der Waals surface area contributed by atoms with Gasteiger partial charge in [0.25, 0.3) is 0 Å². The van der Waals surface area contributed by atoms with Gasteiger partial charge in [0.1, 0.15) is 5.82 Å². The van der Waals surface area contributed by atoms with E-state index in [9.17, 15) is 12.8 Å². The third kappa shape index (κ3) is 5.35. The van der Waals surface area contributed by atoms with Gasteiger partial charge in [-0.1, -0.05) is 13.8 Å². The predicted molar refractivity (Wildman–Crippen MR) is 79.8 cm³/mol. The van der Waals surface area contributed by atoms with Crippen LogP contribution in [0.5, 0.6) is 0 Å². The molecule has 0 aliphatic rings. The van der Waals surface area contributed by atoms with Crippen molar-refractivity contribution in [3.05, 3.63) is 29.6 Å². The molecule has 0 bridgehead atoms. The van der Waals surface area contributed by atoms with Gasteiger partial charge in [-0.15, -0.1) is 0 Å². The first kappa shape index (κ1) is 18.0. The fourth-order valence-corrected chi connectivity index (χ4v) is 3.01. The van der Waals surface area contributed by atoms with Crippen LogP contribution in [0.25, 0.3) is 0 Å². The molecule has 0 heterocycles. The van der Waals surface area contributed by atoms with Crippen LogP contribution in [0.1, 0.15) is 25.8 Å². The van der Waals surface area contributed by atoms with Crippen molar-refractivity contribution >= 4 is 10.0 Å². The van der Waals surface area contributed by atoms with Gasteiger partial charge in [-0.05, 0) is 30.0 Å². The normalized spacial score (nSPS) is 12.6. The zero-order valence-corrected chi connectivity index (χ0v) is 13.5. The Kier molecular flexibility index (Phi) is 6.27. The highest BCUT2D eigenvalue weighted by atomic mass is 32.2. The number of ether oxygens (including phenoxy) is 1. The summed E-state index contributed by atoms with van der Waals surface area (Å²) in [5.74, 6) is -0.503. The Hall–Kier alpha value is -1.02. The number of nitrogens with two attached hydrogens (primary N) is 1. The van der Waals surface area contributed by atoms with Crippen LogP contribution >= 0.6 is 0 Å². The summed E-state index contributed by atoms with van der Waals surface area (Å²) in [6.45, 7) is 4.68. The van der Waals surface area contributed by atoms with Crippen LogP contribution < -0.4 is 10.5 Å². The largest absolute Gasteiger partial charge is 0.385 e. The standard InChI is InChI=1S/C14H23FN2O3S/c1-14(2,6-7-20-3)10-17-21(18,19)12-4-5-13(15)11(8-12)9-16/h4-5,8,17H,6-7,9-10,16H2,1-3H3. The van der Waals surface area contributed by atoms with Crippen molar-refractivity contribution < 1.29 is 17.5 Å². The molecule has 1 rings (SSSR count). The molecule has 0 spiro atoms. The van der Waals surface area contributed by atoms with Gasteiger partial charge in [0.15, 0.2) is 0 Å². The van der Waals surface area contributed by atoms with Crippen LogP contribution in [-0.2, 0) is 21.3 Å². The van der Waals surface area contributed by atoms with E-state index in [2.05, 4.69) is 4.72 Å². The second kappa shape index (κ2) is 7.31. The number of rotatable bonds is 8. The van der Waals surface area contributed by atoms with Crippen LogP contribution in [0.4, 0.5) is 4.39 Å². The molecule has 0 unspecified atom stereocenters. The predicted octanol–water partition coefficient (Wildman–Crippen LogP) is 1.63. The molecule has 0 aliphatic carbocycles. The number of nitrogens with one attached hydrogen (secondary N) is 1. The molecule has 0 radical (unpaired) electrons. The van der Waals surface area contributed by atoms with Gasteiger partial charge in [-0.25, -0.2) is 17.5 Å². The molecule has 7 heteroatoms. The van der Waals surface area contributed by atoms with Crippen molar-refractivity contribution in [2.75, 3.05) is 20.3 Å². The van der Waals surface area contributed by atoms with E-state index < -0.39 is 15.8 Å². The first-order valence-corrected chi connectivity index (χ1v) is 8.17. The molecule has 1 aromatic carbocycles. The van der Waals surface area contributed by atoms with Crippen LogP contribution in [0.2, 0.25) is 0 Å². The number of benzene rings is 1. The lowest BCUT2D eigenvalue weighted by Crippen LogP contribution is -2.34. The lowest BCUT2D eigenvalue weighted by molar-refractivity contribution is 0.153. The van der Waals surface area contributed by atoms with Crippen molar-refractivity contribution in [1.82, 2.24) is 4.72 Å². The highest BCUT2D eigenvalue weighted by Crippen LogP contribution is 2.21. The van der Waals surface area contributed by atoms with Crippen molar-refractivity contribution in [2.24, 2.45) is 11.1 Å². The molecule has 5 nitrogen and oxygen atoms in total. The van der Waals surface area contributed by atoms with Crippen LogP contribution in [0.15, 0.2) is 23.1 Å². The fourth-order valence-electron chi connectivity index (χ4n) is 1.72. The summed E-state index contributed by atoms with van der Waals surface area (Å²) in [6.07, 6.45) is 0.726. The van der Waals surface area contributed by atoms with Gasteiger partial charge >= 0.3 is 0 Å². The molecule has 1 aromatic rings. The Balaban J connectivity index is 2.82. The second-order valence-electron chi connectivity index (χ2n) is 5.69. The highest BCUT2D eigenvalue weighted by molar-refractivity contribution is 7.89. The van der Waals surface area contributed by atoms with E-state index in [1.807, 2.05) is 13.8 Å². The van der Waals surface area contributed by atoms with E-state index in [-0.39, 0.29) is 29.0 Å². The molecule has 0 aliphatic heterocycles. The topological polar surface area (TPSA) is 81.4 Å². The van der Waals surface area contributed by atoms with Crippen LogP contribution in [0, 0.1) is 11.2 Å². The molecule has 0 saturated heterocycles. The number of halogens is 1. The molecule has 0 amide bonds. The average Bonchev–Trinajstić information content (AvgIpc) is 2.44. The maximum absolute atomic E-state index is 13.4. The van der Waals surface area contributed by atoms with Gasteiger partial charge in [0, 0.05) is 32.4 Å². The molecule has 0 aromatic heterocycles.